The second-order valence-corrected chi connectivity index (χ2v) is 5.09. The summed E-state index contributed by atoms with van der Waals surface area (Å²) < 4.78 is 5.45. The minimum absolute atomic E-state index is 0.186. The predicted octanol–water partition coefficient (Wildman–Crippen LogP) is 1.88. The molecule has 0 heterocycles. The Morgan fingerprint density at radius 2 is 2.21 bits per heavy atom. The molecule has 4 nitrogen and oxygen atoms in total. The van der Waals surface area contributed by atoms with Gasteiger partial charge in [-0.15, -0.1) is 0 Å². The van der Waals surface area contributed by atoms with Crippen molar-refractivity contribution in [2.75, 3.05) is 6.61 Å². The first-order valence-electron chi connectivity index (χ1n) is 6.45. The van der Waals surface area contributed by atoms with Crippen molar-refractivity contribution in [3.05, 3.63) is 29.8 Å². The highest BCUT2D eigenvalue weighted by molar-refractivity contribution is 7.80. The minimum atomic E-state index is -0.211. The van der Waals surface area contributed by atoms with E-state index in [-0.39, 0.29) is 11.9 Å². The molecule has 0 bridgehead atoms. The Morgan fingerprint density at radius 1 is 1.53 bits per heavy atom. The van der Waals surface area contributed by atoms with Gasteiger partial charge in [0.2, 0.25) is 0 Å². The highest BCUT2D eigenvalue weighted by atomic mass is 32.1. The number of benzene rings is 1. The molecule has 1 aromatic carbocycles. The molecule has 19 heavy (non-hydrogen) atoms. The Labute approximate surface area is 118 Å². The SMILES string of the molecule is CCOc1ccccc1C(=O)NC(C(N)=S)C1CC1. The van der Waals surface area contributed by atoms with Crippen molar-refractivity contribution in [1.29, 1.82) is 0 Å². The third kappa shape index (κ3) is 3.44. The fraction of sp³-hybridized carbons (Fsp3) is 0.429. The van der Waals surface area contributed by atoms with E-state index >= 15 is 0 Å². The third-order valence-electron chi connectivity index (χ3n) is 3.12. The molecule has 1 aliphatic carbocycles. The summed E-state index contributed by atoms with van der Waals surface area (Å²) in [6, 6.07) is 6.96. The van der Waals surface area contributed by atoms with Crippen LogP contribution in [-0.2, 0) is 0 Å². The van der Waals surface area contributed by atoms with Crippen LogP contribution in [0.1, 0.15) is 30.1 Å². The van der Waals surface area contributed by atoms with Gasteiger partial charge >= 0.3 is 0 Å². The van der Waals surface area contributed by atoms with Gasteiger partial charge in [-0.3, -0.25) is 4.79 Å². The summed E-state index contributed by atoms with van der Waals surface area (Å²) in [7, 11) is 0. The van der Waals surface area contributed by atoms with E-state index in [1.54, 1.807) is 12.1 Å². The summed E-state index contributed by atoms with van der Waals surface area (Å²) in [4.78, 5) is 12.6. The van der Waals surface area contributed by atoms with Crippen LogP contribution < -0.4 is 15.8 Å². The van der Waals surface area contributed by atoms with E-state index in [0.717, 1.165) is 12.8 Å². The number of nitrogens with two attached hydrogens (primary N) is 1. The largest absolute Gasteiger partial charge is 0.493 e. The molecular formula is C14H18N2O2S. The average molecular weight is 278 g/mol. The number of carbonyl (C=O) groups excluding carboxylic acids is 1. The van der Waals surface area contributed by atoms with Crippen molar-refractivity contribution < 1.29 is 9.53 Å². The number of thiocarbonyl (C=S) groups is 1. The van der Waals surface area contributed by atoms with Gasteiger partial charge in [-0.1, -0.05) is 24.4 Å². The molecule has 1 atom stereocenters. The van der Waals surface area contributed by atoms with Crippen LogP contribution in [0.2, 0.25) is 0 Å². The quantitative estimate of drug-likeness (QED) is 0.780. The highest BCUT2D eigenvalue weighted by Crippen LogP contribution is 2.33. The number of ether oxygens (including phenoxy) is 1. The maximum absolute atomic E-state index is 12.3. The van der Waals surface area contributed by atoms with Crippen LogP contribution in [0.4, 0.5) is 0 Å². The van der Waals surface area contributed by atoms with Crippen LogP contribution in [0.25, 0.3) is 0 Å². The first kappa shape index (κ1) is 13.8. The lowest BCUT2D eigenvalue weighted by molar-refractivity contribution is 0.0940. The number of hydrogen-bond donors (Lipinski definition) is 2. The van der Waals surface area contributed by atoms with Gasteiger partial charge in [0.05, 0.1) is 23.2 Å². The standard InChI is InChI=1S/C14H18N2O2S/c1-2-18-11-6-4-3-5-10(11)14(17)16-12(13(15)19)9-7-8-9/h3-6,9,12H,2,7-8H2,1H3,(H2,15,19)(H,16,17). The van der Waals surface area contributed by atoms with Gasteiger partial charge in [0.15, 0.2) is 0 Å². The fourth-order valence-electron chi connectivity index (χ4n) is 2.01. The van der Waals surface area contributed by atoms with E-state index in [1.807, 2.05) is 19.1 Å². The number of nitrogens with one attached hydrogen (secondary N) is 1. The molecule has 0 aliphatic heterocycles. The normalized spacial score (nSPS) is 15.6. The number of carbonyl (C=O) groups is 1. The predicted molar refractivity (Wildman–Crippen MR) is 78.4 cm³/mol. The van der Waals surface area contributed by atoms with Crippen LogP contribution in [0.3, 0.4) is 0 Å². The van der Waals surface area contributed by atoms with Gasteiger partial charge in [-0.2, -0.15) is 0 Å². The number of para-hydroxylation sites is 1. The summed E-state index contributed by atoms with van der Waals surface area (Å²) in [5.41, 5.74) is 6.21. The molecule has 102 valence electrons. The van der Waals surface area contributed by atoms with Crippen molar-refractivity contribution in [2.45, 2.75) is 25.8 Å². The molecule has 1 fully saturated rings. The average Bonchev–Trinajstić information content (AvgIpc) is 3.20. The monoisotopic (exact) mass is 278 g/mol. The van der Waals surface area contributed by atoms with Gasteiger partial charge in [-0.25, -0.2) is 0 Å². The number of amides is 1. The maximum atomic E-state index is 12.3. The Bertz CT molecular complexity index is 486. The van der Waals surface area contributed by atoms with Gasteiger partial charge in [0.25, 0.3) is 5.91 Å². The molecule has 0 aromatic heterocycles. The van der Waals surface area contributed by atoms with Crippen molar-refractivity contribution in [3.8, 4) is 5.75 Å². The molecular weight excluding hydrogens is 260 g/mol. The summed E-state index contributed by atoms with van der Waals surface area (Å²) in [6.07, 6.45) is 2.13. The molecule has 3 N–H and O–H groups in total. The molecule has 0 radical (unpaired) electrons. The second-order valence-electron chi connectivity index (χ2n) is 4.62. The van der Waals surface area contributed by atoms with E-state index < -0.39 is 0 Å². The third-order valence-corrected chi connectivity index (χ3v) is 3.37. The van der Waals surface area contributed by atoms with E-state index in [9.17, 15) is 4.79 Å². The van der Waals surface area contributed by atoms with Crippen LogP contribution in [0.15, 0.2) is 24.3 Å². The summed E-state index contributed by atoms with van der Waals surface area (Å²) in [6.45, 7) is 2.41. The summed E-state index contributed by atoms with van der Waals surface area (Å²) >= 11 is 5.02. The summed E-state index contributed by atoms with van der Waals surface area (Å²) in [5, 5.41) is 2.91. The van der Waals surface area contributed by atoms with Crippen molar-refractivity contribution in [1.82, 2.24) is 5.32 Å². The Balaban J connectivity index is 2.12. The number of hydrogen-bond acceptors (Lipinski definition) is 3. The lowest BCUT2D eigenvalue weighted by atomic mass is 10.1. The second kappa shape index (κ2) is 6.02. The molecule has 1 aromatic rings. The zero-order valence-corrected chi connectivity index (χ0v) is 11.7. The smallest absolute Gasteiger partial charge is 0.255 e. The molecule has 0 spiro atoms. The van der Waals surface area contributed by atoms with E-state index in [4.69, 9.17) is 22.7 Å². The maximum Gasteiger partial charge on any atom is 0.255 e. The van der Waals surface area contributed by atoms with Crippen LogP contribution in [0, 0.1) is 5.92 Å². The molecule has 5 heteroatoms. The zero-order valence-electron chi connectivity index (χ0n) is 10.9. The van der Waals surface area contributed by atoms with Crippen LogP contribution in [0.5, 0.6) is 5.75 Å². The van der Waals surface area contributed by atoms with Crippen LogP contribution in [-0.4, -0.2) is 23.5 Å². The lowest BCUT2D eigenvalue weighted by Gasteiger charge is -2.18. The van der Waals surface area contributed by atoms with Crippen molar-refractivity contribution in [3.63, 3.8) is 0 Å². The van der Waals surface area contributed by atoms with Crippen molar-refractivity contribution in [2.24, 2.45) is 11.7 Å². The van der Waals surface area contributed by atoms with Gasteiger partial charge in [0.1, 0.15) is 5.75 Å². The lowest BCUT2D eigenvalue weighted by Crippen LogP contribution is -2.45. The minimum Gasteiger partial charge on any atom is -0.493 e. The van der Waals surface area contributed by atoms with E-state index in [0.29, 0.717) is 28.8 Å². The number of rotatable bonds is 6. The van der Waals surface area contributed by atoms with E-state index in [2.05, 4.69) is 5.32 Å². The van der Waals surface area contributed by atoms with Gasteiger partial charge in [0, 0.05) is 0 Å². The highest BCUT2D eigenvalue weighted by Gasteiger charge is 2.34. The molecule has 2 rings (SSSR count). The summed E-state index contributed by atoms with van der Waals surface area (Å²) in [5.74, 6) is 0.787. The zero-order chi connectivity index (χ0) is 13.8. The Hall–Kier alpha value is -1.62. The molecule has 1 saturated carbocycles. The van der Waals surface area contributed by atoms with Gasteiger partial charge in [-0.05, 0) is 37.8 Å². The molecule has 0 saturated heterocycles. The fourth-order valence-corrected chi connectivity index (χ4v) is 2.26. The molecule has 1 aliphatic rings. The topological polar surface area (TPSA) is 64.3 Å². The van der Waals surface area contributed by atoms with Gasteiger partial charge < -0.3 is 15.8 Å². The first-order chi connectivity index (χ1) is 9.13. The van der Waals surface area contributed by atoms with E-state index in [1.165, 1.54) is 0 Å². The Kier molecular flexibility index (Phi) is 4.37. The molecule has 1 amide bonds. The first-order valence-corrected chi connectivity index (χ1v) is 6.86. The van der Waals surface area contributed by atoms with Crippen LogP contribution >= 0.6 is 12.2 Å². The van der Waals surface area contributed by atoms with Crippen molar-refractivity contribution >= 4 is 23.1 Å². The molecule has 1 unspecified atom stereocenters. The Morgan fingerprint density at radius 3 is 2.79 bits per heavy atom.